The molecule has 0 unspecified atom stereocenters. The van der Waals surface area contributed by atoms with Crippen LogP contribution in [0.3, 0.4) is 0 Å². The van der Waals surface area contributed by atoms with E-state index in [0.717, 1.165) is 18.4 Å². The molecule has 23 heavy (non-hydrogen) atoms. The molecular formula is C19H23NO2S. The van der Waals surface area contributed by atoms with Crippen molar-refractivity contribution in [3.05, 3.63) is 59.2 Å². The maximum Gasteiger partial charge on any atom is 0.307 e. The minimum absolute atomic E-state index is 0.102. The van der Waals surface area contributed by atoms with Gasteiger partial charge in [0, 0.05) is 9.79 Å². The summed E-state index contributed by atoms with van der Waals surface area (Å²) in [6.07, 6.45) is 2.10. The highest BCUT2D eigenvalue weighted by Crippen LogP contribution is 2.37. The summed E-state index contributed by atoms with van der Waals surface area (Å²) < 4.78 is 0. The van der Waals surface area contributed by atoms with Crippen molar-refractivity contribution in [3.8, 4) is 0 Å². The molecule has 0 aromatic heterocycles. The molecule has 3 rings (SSSR count). The molecule has 0 aliphatic carbocycles. The summed E-state index contributed by atoms with van der Waals surface area (Å²) in [5.74, 6) is -0.774. The quantitative estimate of drug-likeness (QED) is 0.876. The summed E-state index contributed by atoms with van der Waals surface area (Å²) in [7, 11) is 0. The Hall–Kier alpha value is -1.78. The van der Waals surface area contributed by atoms with Crippen LogP contribution in [0.25, 0.3) is 0 Å². The zero-order valence-corrected chi connectivity index (χ0v) is 14.4. The van der Waals surface area contributed by atoms with Crippen LogP contribution in [0.4, 0.5) is 0 Å². The van der Waals surface area contributed by atoms with Gasteiger partial charge in [0.05, 0.1) is 6.42 Å². The Morgan fingerprint density at radius 2 is 1.74 bits per heavy atom. The zero-order chi connectivity index (χ0) is 16.8. The van der Waals surface area contributed by atoms with Gasteiger partial charge in [0.1, 0.15) is 0 Å². The average molecular weight is 329 g/mol. The summed E-state index contributed by atoms with van der Waals surface area (Å²) in [6.45, 7) is 3.89. The predicted molar refractivity (Wildman–Crippen MR) is 95.1 cm³/mol. The maximum absolute atomic E-state index is 10.8. The molecule has 3 nitrogen and oxygen atoms in total. The van der Waals surface area contributed by atoms with Gasteiger partial charge in [-0.3, -0.25) is 4.79 Å². The molecule has 1 aliphatic rings. The Balaban J connectivity index is 0.000000433. The van der Waals surface area contributed by atoms with Crippen molar-refractivity contribution in [2.24, 2.45) is 5.73 Å². The van der Waals surface area contributed by atoms with Crippen LogP contribution < -0.4 is 5.73 Å². The van der Waals surface area contributed by atoms with Gasteiger partial charge in [0.2, 0.25) is 0 Å². The van der Waals surface area contributed by atoms with Gasteiger partial charge >= 0.3 is 5.97 Å². The van der Waals surface area contributed by atoms with Crippen LogP contribution in [0.15, 0.2) is 52.3 Å². The highest BCUT2D eigenvalue weighted by molar-refractivity contribution is 7.99. The number of aliphatic carboxylic acids is 1. The summed E-state index contributed by atoms with van der Waals surface area (Å²) >= 11 is 1.78. The van der Waals surface area contributed by atoms with E-state index >= 15 is 0 Å². The number of benzene rings is 2. The molecule has 0 saturated heterocycles. The number of carboxylic acids is 1. The van der Waals surface area contributed by atoms with Crippen LogP contribution >= 0.6 is 11.8 Å². The molecule has 0 saturated carbocycles. The first-order chi connectivity index (χ1) is 11.0. The van der Waals surface area contributed by atoms with Gasteiger partial charge < -0.3 is 10.8 Å². The summed E-state index contributed by atoms with van der Waals surface area (Å²) in [5.41, 5.74) is 8.64. The summed E-state index contributed by atoms with van der Waals surface area (Å²) in [5, 5.41) is 8.86. The average Bonchev–Trinajstić information content (AvgIpc) is 2.65. The highest BCUT2D eigenvalue weighted by atomic mass is 32.2. The molecule has 0 spiro atoms. The lowest BCUT2D eigenvalue weighted by Gasteiger charge is -2.07. The predicted octanol–water partition coefficient (Wildman–Crippen LogP) is 3.92. The molecule has 0 fully saturated rings. The second kappa shape index (κ2) is 8.18. The van der Waals surface area contributed by atoms with Gasteiger partial charge in [-0.15, -0.1) is 0 Å². The van der Waals surface area contributed by atoms with Crippen molar-refractivity contribution in [1.29, 1.82) is 0 Å². The standard InChI is InChI=1S/C16H14O2S.C3H9N/c17-16(18)10-11-5-8-15-13(9-11)7-6-12-3-1-2-4-14(12)19-15;1-3(2)4/h1-5,8-9H,6-7,10H2,(H,17,18);3H,4H2,1-2H3. The number of rotatable bonds is 2. The Labute approximate surface area is 141 Å². The number of aryl methyl sites for hydroxylation is 2. The lowest BCUT2D eigenvalue weighted by Crippen LogP contribution is -2.06. The molecular weight excluding hydrogens is 306 g/mol. The first-order valence-corrected chi connectivity index (χ1v) is 8.62. The van der Waals surface area contributed by atoms with E-state index in [9.17, 15) is 4.79 Å². The molecule has 122 valence electrons. The molecule has 2 aromatic carbocycles. The van der Waals surface area contributed by atoms with Crippen molar-refractivity contribution >= 4 is 17.7 Å². The molecule has 0 amide bonds. The van der Waals surface area contributed by atoms with Crippen molar-refractivity contribution in [2.75, 3.05) is 0 Å². The largest absolute Gasteiger partial charge is 0.481 e. The van der Waals surface area contributed by atoms with E-state index in [0.29, 0.717) is 6.04 Å². The molecule has 0 radical (unpaired) electrons. The number of nitrogens with two attached hydrogens (primary N) is 1. The number of fused-ring (bicyclic) bond motifs is 2. The molecule has 0 bridgehead atoms. The smallest absolute Gasteiger partial charge is 0.307 e. The van der Waals surface area contributed by atoms with Gasteiger partial charge in [-0.1, -0.05) is 55.9 Å². The monoisotopic (exact) mass is 329 g/mol. The molecule has 2 aromatic rings. The first kappa shape index (κ1) is 17.6. The van der Waals surface area contributed by atoms with Gasteiger partial charge in [0.25, 0.3) is 0 Å². The second-order valence-corrected chi connectivity index (χ2v) is 7.05. The van der Waals surface area contributed by atoms with E-state index < -0.39 is 5.97 Å². The number of hydrogen-bond acceptors (Lipinski definition) is 3. The van der Waals surface area contributed by atoms with Crippen LogP contribution in [-0.2, 0) is 24.1 Å². The van der Waals surface area contributed by atoms with Crippen LogP contribution in [-0.4, -0.2) is 17.1 Å². The number of hydrogen-bond donors (Lipinski definition) is 2. The fourth-order valence-corrected chi connectivity index (χ4v) is 3.52. The van der Waals surface area contributed by atoms with Gasteiger partial charge in [-0.05, 0) is 47.7 Å². The van der Waals surface area contributed by atoms with E-state index in [-0.39, 0.29) is 6.42 Å². The molecule has 0 atom stereocenters. The molecule has 1 aliphatic heterocycles. The Morgan fingerprint density at radius 1 is 1.13 bits per heavy atom. The Morgan fingerprint density at radius 3 is 2.43 bits per heavy atom. The SMILES string of the molecule is CC(C)N.O=C(O)Cc1ccc2c(c1)CCc1ccccc1S2. The lowest BCUT2D eigenvalue weighted by molar-refractivity contribution is -0.136. The van der Waals surface area contributed by atoms with Crippen molar-refractivity contribution < 1.29 is 9.90 Å². The van der Waals surface area contributed by atoms with E-state index in [1.54, 1.807) is 11.8 Å². The van der Waals surface area contributed by atoms with E-state index in [1.807, 2.05) is 26.0 Å². The van der Waals surface area contributed by atoms with Crippen LogP contribution in [0.2, 0.25) is 0 Å². The van der Waals surface area contributed by atoms with Crippen molar-refractivity contribution in [1.82, 2.24) is 0 Å². The van der Waals surface area contributed by atoms with Crippen molar-refractivity contribution in [3.63, 3.8) is 0 Å². The number of carbonyl (C=O) groups is 1. The van der Waals surface area contributed by atoms with E-state index in [4.69, 9.17) is 10.8 Å². The van der Waals surface area contributed by atoms with E-state index in [1.165, 1.54) is 20.9 Å². The molecule has 1 heterocycles. The Bertz CT molecular complexity index is 680. The van der Waals surface area contributed by atoms with Gasteiger partial charge in [-0.2, -0.15) is 0 Å². The van der Waals surface area contributed by atoms with Crippen LogP contribution in [0, 0.1) is 0 Å². The van der Waals surface area contributed by atoms with Gasteiger partial charge in [-0.25, -0.2) is 0 Å². The summed E-state index contributed by atoms with van der Waals surface area (Å²) in [4.78, 5) is 13.3. The third-order valence-corrected chi connectivity index (χ3v) is 4.57. The first-order valence-electron chi connectivity index (χ1n) is 7.80. The number of carboxylic acid groups (broad SMARTS) is 1. The van der Waals surface area contributed by atoms with Crippen molar-refractivity contribution in [2.45, 2.75) is 48.9 Å². The topological polar surface area (TPSA) is 63.3 Å². The normalized spacial score (nSPS) is 12.5. The third-order valence-electron chi connectivity index (χ3n) is 3.34. The van der Waals surface area contributed by atoms with Crippen LogP contribution in [0.1, 0.15) is 30.5 Å². The van der Waals surface area contributed by atoms with Crippen LogP contribution in [0.5, 0.6) is 0 Å². The molecule has 4 heteroatoms. The fraction of sp³-hybridized carbons (Fsp3) is 0.316. The fourth-order valence-electron chi connectivity index (χ4n) is 2.41. The minimum atomic E-state index is -0.774. The summed E-state index contributed by atoms with van der Waals surface area (Å²) in [6, 6.07) is 14.8. The highest BCUT2D eigenvalue weighted by Gasteiger charge is 2.14. The molecule has 3 N–H and O–H groups in total. The Kier molecular flexibility index (Phi) is 6.25. The third kappa shape index (κ3) is 5.41. The second-order valence-electron chi connectivity index (χ2n) is 5.97. The zero-order valence-electron chi connectivity index (χ0n) is 13.6. The maximum atomic E-state index is 10.8. The minimum Gasteiger partial charge on any atom is -0.481 e. The lowest BCUT2D eigenvalue weighted by atomic mass is 10.0. The van der Waals surface area contributed by atoms with Gasteiger partial charge in [0.15, 0.2) is 0 Å². The van der Waals surface area contributed by atoms with E-state index in [2.05, 4.69) is 30.3 Å².